The summed E-state index contributed by atoms with van der Waals surface area (Å²) in [5.74, 6) is -0.293. The summed E-state index contributed by atoms with van der Waals surface area (Å²) in [7, 11) is 1.63. The molecule has 0 bridgehead atoms. The molecule has 5 heteroatoms. The number of carbonyl (C=O) groups is 2. The fourth-order valence-corrected chi connectivity index (χ4v) is 2.02. The van der Waals surface area contributed by atoms with Crippen molar-refractivity contribution in [3.05, 3.63) is 29.8 Å². The van der Waals surface area contributed by atoms with Gasteiger partial charge in [-0.1, -0.05) is 0 Å². The molecule has 2 amide bonds. The predicted molar refractivity (Wildman–Crippen MR) is 78.5 cm³/mol. The third kappa shape index (κ3) is 4.95. The third-order valence-electron chi connectivity index (χ3n) is 2.51. The molecule has 104 valence electrons. The molecule has 0 radical (unpaired) electrons. The summed E-state index contributed by atoms with van der Waals surface area (Å²) in [6.07, 6.45) is 1.99. The third-order valence-corrected chi connectivity index (χ3v) is 3.26. The molecule has 0 aliphatic rings. The number of likely N-dealkylation sites (N-methyl/N-ethyl adjacent to an activating group) is 1. The number of amides is 2. The molecular weight excluding hydrogens is 260 g/mol. The number of benzene rings is 1. The van der Waals surface area contributed by atoms with E-state index in [1.807, 2.05) is 32.2 Å². The van der Waals surface area contributed by atoms with Crippen LogP contribution in [0.2, 0.25) is 0 Å². The zero-order chi connectivity index (χ0) is 14.4. The van der Waals surface area contributed by atoms with Crippen molar-refractivity contribution in [3.63, 3.8) is 0 Å². The second-order valence-electron chi connectivity index (χ2n) is 4.61. The molecule has 0 spiro atoms. The van der Waals surface area contributed by atoms with E-state index in [-0.39, 0.29) is 24.4 Å². The summed E-state index contributed by atoms with van der Waals surface area (Å²) in [6.45, 7) is 3.85. The van der Waals surface area contributed by atoms with Crippen molar-refractivity contribution in [1.82, 2.24) is 10.2 Å². The van der Waals surface area contributed by atoms with Gasteiger partial charge in [-0.05, 0) is 44.4 Å². The van der Waals surface area contributed by atoms with Gasteiger partial charge in [-0.25, -0.2) is 0 Å². The molecule has 4 nitrogen and oxygen atoms in total. The molecule has 0 aliphatic carbocycles. The van der Waals surface area contributed by atoms with E-state index in [0.29, 0.717) is 5.56 Å². The molecule has 0 heterocycles. The predicted octanol–water partition coefficient (Wildman–Crippen LogP) is 2.01. The van der Waals surface area contributed by atoms with E-state index < -0.39 is 0 Å². The Morgan fingerprint density at radius 2 is 1.84 bits per heavy atom. The van der Waals surface area contributed by atoms with Gasteiger partial charge in [0.05, 0.1) is 6.54 Å². The maximum atomic E-state index is 12.1. The van der Waals surface area contributed by atoms with Crippen molar-refractivity contribution >= 4 is 23.6 Å². The fourth-order valence-electron chi connectivity index (χ4n) is 1.61. The molecule has 1 aromatic rings. The smallest absolute Gasteiger partial charge is 0.254 e. The number of nitrogens with one attached hydrogen (secondary N) is 1. The first-order chi connectivity index (χ1) is 8.93. The van der Waals surface area contributed by atoms with Crippen LogP contribution < -0.4 is 5.32 Å². The Labute approximate surface area is 118 Å². The minimum absolute atomic E-state index is 0.0707. The maximum Gasteiger partial charge on any atom is 0.254 e. The Balaban J connectivity index is 2.63. The molecule has 1 aromatic carbocycles. The molecule has 0 fully saturated rings. The highest BCUT2D eigenvalue weighted by Gasteiger charge is 2.15. The van der Waals surface area contributed by atoms with Gasteiger partial charge in [0.1, 0.15) is 0 Å². The van der Waals surface area contributed by atoms with Crippen LogP contribution in [0.25, 0.3) is 0 Å². The zero-order valence-electron chi connectivity index (χ0n) is 11.8. The molecule has 19 heavy (non-hydrogen) atoms. The first kappa shape index (κ1) is 15.6. The maximum absolute atomic E-state index is 12.1. The average molecular weight is 280 g/mol. The van der Waals surface area contributed by atoms with Gasteiger partial charge in [-0.3, -0.25) is 9.59 Å². The minimum Gasteiger partial charge on any atom is -0.352 e. The van der Waals surface area contributed by atoms with Crippen molar-refractivity contribution in [1.29, 1.82) is 0 Å². The van der Waals surface area contributed by atoms with Crippen LogP contribution in [-0.4, -0.2) is 42.6 Å². The van der Waals surface area contributed by atoms with Crippen LogP contribution in [-0.2, 0) is 4.79 Å². The first-order valence-corrected chi connectivity index (χ1v) is 7.35. The monoisotopic (exact) mass is 280 g/mol. The van der Waals surface area contributed by atoms with Crippen LogP contribution in [0.3, 0.4) is 0 Å². The number of hydrogen-bond donors (Lipinski definition) is 1. The number of nitrogens with zero attached hydrogens (tertiary/aromatic N) is 1. The van der Waals surface area contributed by atoms with Gasteiger partial charge in [0.15, 0.2) is 0 Å². The summed E-state index contributed by atoms with van der Waals surface area (Å²) in [6, 6.07) is 7.45. The van der Waals surface area contributed by atoms with Gasteiger partial charge >= 0.3 is 0 Å². The van der Waals surface area contributed by atoms with E-state index in [2.05, 4.69) is 5.32 Å². The summed E-state index contributed by atoms with van der Waals surface area (Å²) < 4.78 is 0. The Kier molecular flexibility index (Phi) is 5.89. The molecule has 0 saturated carbocycles. The molecule has 1 rings (SSSR count). The number of thioether (sulfide) groups is 1. The van der Waals surface area contributed by atoms with Gasteiger partial charge in [0.25, 0.3) is 5.91 Å². The average Bonchev–Trinajstić information content (AvgIpc) is 2.36. The highest BCUT2D eigenvalue weighted by molar-refractivity contribution is 7.98. The van der Waals surface area contributed by atoms with E-state index >= 15 is 0 Å². The lowest BCUT2D eigenvalue weighted by Gasteiger charge is -2.18. The van der Waals surface area contributed by atoms with Crippen molar-refractivity contribution in [2.75, 3.05) is 19.8 Å². The van der Waals surface area contributed by atoms with E-state index in [9.17, 15) is 9.59 Å². The van der Waals surface area contributed by atoms with Crippen molar-refractivity contribution in [3.8, 4) is 0 Å². The largest absolute Gasteiger partial charge is 0.352 e. The lowest BCUT2D eigenvalue weighted by atomic mass is 10.2. The second-order valence-corrected chi connectivity index (χ2v) is 5.49. The van der Waals surface area contributed by atoms with Crippen LogP contribution >= 0.6 is 11.8 Å². The normalized spacial score (nSPS) is 10.4. The van der Waals surface area contributed by atoms with Crippen LogP contribution in [0.5, 0.6) is 0 Å². The number of carbonyl (C=O) groups excluding carboxylic acids is 2. The van der Waals surface area contributed by atoms with Crippen molar-refractivity contribution in [2.24, 2.45) is 0 Å². The lowest BCUT2D eigenvalue weighted by Crippen LogP contribution is -2.40. The van der Waals surface area contributed by atoms with Crippen LogP contribution in [0.15, 0.2) is 29.2 Å². The molecule has 1 N–H and O–H groups in total. The highest BCUT2D eigenvalue weighted by atomic mass is 32.2. The van der Waals surface area contributed by atoms with E-state index in [0.717, 1.165) is 4.90 Å². The van der Waals surface area contributed by atoms with E-state index in [4.69, 9.17) is 0 Å². The van der Waals surface area contributed by atoms with E-state index in [1.165, 1.54) is 4.90 Å². The molecule has 0 unspecified atom stereocenters. The van der Waals surface area contributed by atoms with Gasteiger partial charge in [0, 0.05) is 23.5 Å². The molecular formula is C14H20N2O2S. The van der Waals surface area contributed by atoms with Crippen LogP contribution in [0, 0.1) is 0 Å². The molecule has 0 aromatic heterocycles. The van der Waals surface area contributed by atoms with Gasteiger partial charge in [-0.2, -0.15) is 0 Å². The van der Waals surface area contributed by atoms with Crippen molar-refractivity contribution < 1.29 is 9.59 Å². The van der Waals surface area contributed by atoms with Crippen molar-refractivity contribution in [2.45, 2.75) is 24.8 Å². The Bertz CT molecular complexity index is 443. The quantitative estimate of drug-likeness (QED) is 0.839. The van der Waals surface area contributed by atoms with Gasteiger partial charge < -0.3 is 10.2 Å². The lowest BCUT2D eigenvalue weighted by molar-refractivity contribution is -0.122. The topological polar surface area (TPSA) is 49.4 Å². The second kappa shape index (κ2) is 7.19. The standard InChI is InChI=1S/C14H20N2O2S/c1-10(2)15-13(17)9-16(3)14(18)11-5-7-12(19-4)8-6-11/h5-8,10H,9H2,1-4H3,(H,15,17). The fraction of sp³-hybridized carbons (Fsp3) is 0.429. The summed E-state index contributed by atoms with van der Waals surface area (Å²) in [5, 5.41) is 2.76. The number of hydrogen-bond acceptors (Lipinski definition) is 3. The SMILES string of the molecule is CSc1ccc(C(=O)N(C)CC(=O)NC(C)C)cc1. The van der Waals surface area contributed by atoms with Crippen LogP contribution in [0.1, 0.15) is 24.2 Å². The summed E-state index contributed by atoms with van der Waals surface area (Å²) in [4.78, 5) is 26.2. The summed E-state index contributed by atoms with van der Waals surface area (Å²) >= 11 is 1.63. The first-order valence-electron chi connectivity index (χ1n) is 6.13. The van der Waals surface area contributed by atoms with Gasteiger partial charge in [0.2, 0.25) is 5.91 Å². The number of rotatable bonds is 5. The zero-order valence-corrected chi connectivity index (χ0v) is 12.6. The Morgan fingerprint density at radius 3 is 2.32 bits per heavy atom. The Morgan fingerprint density at radius 1 is 1.26 bits per heavy atom. The summed E-state index contributed by atoms with van der Waals surface area (Å²) in [5.41, 5.74) is 0.595. The molecule has 0 atom stereocenters. The Hall–Kier alpha value is -1.49. The minimum atomic E-state index is -0.147. The molecule has 0 saturated heterocycles. The van der Waals surface area contributed by atoms with Gasteiger partial charge in [-0.15, -0.1) is 11.8 Å². The van der Waals surface area contributed by atoms with E-state index in [1.54, 1.807) is 30.9 Å². The van der Waals surface area contributed by atoms with Crippen LogP contribution in [0.4, 0.5) is 0 Å². The molecule has 0 aliphatic heterocycles. The highest BCUT2D eigenvalue weighted by Crippen LogP contribution is 2.15.